The van der Waals surface area contributed by atoms with Crippen molar-refractivity contribution in [1.29, 1.82) is 0 Å². The standard InChI is InChI=1S/C28H23FN4O3/c1-18-6-3-4-9-24(18)26(27(35)32-22-12-10-21(29)11-13-22)33(28(36)25-17-30-14-15-31-25)23-8-5-7-20(16-23)19(2)34/h3-17,26H,1-2H3,(H,32,35). The van der Waals surface area contributed by atoms with Crippen LogP contribution in [0.25, 0.3) is 0 Å². The van der Waals surface area contributed by atoms with Gasteiger partial charge in [0.25, 0.3) is 11.8 Å². The fraction of sp³-hybridized carbons (Fsp3) is 0.107. The summed E-state index contributed by atoms with van der Waals surface area (Å²) < 4.78 is 13.4. The van der Waals surface area contributed by atoms with Crippen molar-refractivity contribution in [3.8, 4) is 0 Å². The van der Waals surface area contributed by atoms with Crippen LogP contribution in [0.15, 0.2) is 91.4 Å². The lowest BCUT2D eigenvalue weighted by Gasteiger charge is -2.32. The van der Waals surface area contributed by atoms with Crippen molar-refractivity contribution in [1.82, 2.24) is 9.97 Å². The Labute approximate surface area is 207 Å². The number of hydrogen-bond acceptors (Lipinski definition) is 5. The molecule has 7 nitrogen and oxygen atoms in total. The first-order chi connectivity index (χ1) is 17.3. The van der Waals surface area contributed by atoms with Gasteiger partial charge in [-0.05, 0) is 61.4 Å². The number of ketones is 1. The molecule has 1 unspecified atom stereocenters. The molecule has 36 heavy (non-hydrogen) atoms. The summed E-state index contributed by atoms with van der Waals surface area (Å²) in [6.45, 7) is 3.26. The quantitative estimate of drug-likeness (QED) is 0.368. The Bertz CT molecular complexity index is 1410. The zero-order chi connectivity index (χ0) is 25.7. The Morgan fingerprint density at radius 3 is 2.36 bits per heavy atom. The molecule has 1 aromatic heterocycles. The maximum Gasteiger partial charge on any atom is 0.279 e. The highest BCUT2D eigenvalue weighted by Crippen LogP contribution is 2.32. The minimum atomic E-state index is -1.15. The topological polar surface area (TPSA) is 92.3 Å². The lowest BCUT2D eigenvalue weighted by molar-refractivity contribution is -0.117. The van der Waals surface area contributed by atoms with Crippen molar-refractivity contribution in [3.63, 3.8) is 0 Å². The van der Waals surface area contributed by atoms with Crippen molar-refractivity contribution in [2.75, 3.05) is 10.2 Å². The summed E-state index contributed by atoms with van der Waals surface area (Å²) in [7, 11) is 0. The van der Waals surface area contributed by atoms with Crippen molar-refractivity contribution in [2.45, 2.75) is 19.9 Å². The van der Waals surface area contributed by atoms with Gasteiger partial charge in [-0.15, -0.1) is 0 Å². The molecule has 4 aromatic rings. The molecule has 0 bridgehead atoms. The van der Waals surface area contributed by atoms with Crippen LogP contribution in [0.3, 0.4) is 0 Å². The third kappa shape index (κ3) is 5.33. The first-order valence-electron chi connectivity index (χ1n) is 11.2. The Balaban J connectivity index is 1.89. The summed E-state index contributed by atoms with van der Waals surface area (Å²) >= 11 is 0. The molecule has 0 saturated carbocycles. The Morgan fingerprint density at radius 1 is 0.944 bits per heavy atom. The lowest BCUT2D eigenvalue weighted by atomic mass is 9.97. The number of aryl methyl sites for hydroxylation is 1. The van der Waals surface area contributed by atoms with Gasteiger partial charge in [0.2, 0.25) is 0 Å². The number of anilines is 2. The van der Waals surface area contributed by atoms with Crippen LogP contribution in [0.2, 0.25) is 0 Å². The second-order valence-electron chi connectivity index (χ2n) is 8.13. The van der Waals surface area contributed by atoms with Crippen molar-refractivity contribution in [2.24, 2.45) is 0 Å². The van der Waals surface area contributed by atoms with E-state index < -0.39 is 23.7 Å². The fourth-order valence-corrected chi connectivity index (χ4v) is 3.83. The minimum Gasteiger partial charge on any atom is -0.324 e. The van der Waals surface area contributed by atoms with E-state index in [4.69, 9.17) is 0 Å². The number of carbonyl (C=O) groups is 3. The molecule has 0 aliphatic heterocycles. The summed E-state index contributed by atoms with van der Waals surface area (Å²) in [5.74, 6) is -1.73. The number of carbonyl (C=O) groups excluding carboxylic acids is 3. The van der Waals surface area contributed by atoms with Gasteiger partial charge in [-0.25, -0.2) is 9.37 Å². The van der Waals surface area contributed by atoms with E-state index in [0.29, 0.717) is 22.5 Å². The first-order valence-corrected chi connectivity index (χ1v) is 11.2. The highest BCUT2D eigenvalue weighted by molar-refractivity contribution is 6.11. The number of benzene rings is 3. The molecule has 1 heterocycles. The van der Waals surface area contributed by atoms with Gasteiger partial charge in [0.15, 0.2) is 5.78 Å². The van der Waals surface area contributed by atoms with Crippen LogP contribution < -0.4 is 10.2 Å². The molecular weight excluding hydrogens is 459 g/mol. The molecule has 1 N–H and O–H groups in total. The van der Waals surface area contributed by atoms with Crippen LogP contribution in [-0.4, -0.2) is 27.6 Å². The number of amides is 2. The van der Waals surface area contributed by atoms with Crippen LogP contribution in [0.1, 0.15) is 44.9 Å². The number of nitrogens with zero attached hydrogens (tertiary/aromatic N) is 3. The zero-order valence-electron chi connectivity index (χ0n) is 19.7. The van der Waals surface area contributed by atoms with Gasteiger partial charge in [0, 0.05) is 29.3 Å². The molecule has 0 aliphatic rings. The summed E-state index contributed by atoms with van der Waals surface area (Å²) in [6.07, 6.45) is 4.15. The van der Waals surface area contributed by atoms with Gasteiger partial charge in [-0.3, -0.25) is 24.3 Å². The Kier molecular flexibility index (Phi) is 7.25. The summed E-state index contributed by atoms with van der Waals surface area (Å²) in [5, 5.41) is 2.79. The van der Waals surface area contributed by atoms with E-state index in [1.165, 1.54) is 54.7 Å². The third-order valence-electron chi connectivity index (χ3n) is 5.63. The molecule has 2 amide bonds. The molecule has 0 spiro atoms. The molecule has 0 saturated heterocycles. The molecule has 8 heteroatoms. The molecule has 0 aliphatic carbocycles. The normalized spacial score (nSPS) is 11.4. The van der Waals surface area contributed by atoms with Gasteiger partial charge >= 0.3 is 0 Å². The first kappa shape index (κ1) is 24.4. The van der Waals surface area contributed by atoms with E-state index in [0.717, 1.165) is 5.56 Å². The van der Waals surface area contributed by atoms with Gasteiger partial charge in [-0.2, -0.15) is 0 Å². The van der Waals surface area contributed by atoms with E-state index in [-0.39, 0.29) is 11.5 Å². The summed E-state index contributed by atoms with van der Waals surface area (Å²) in [4.78, 5) is 49.2. The van der Waals surface area contributed by atoms with Crippen LogP contribution in [0.5, 0.6) is 0 Å². The van der Waals surface area contributed by atoms with Crippen LogP contribution >= 0.6 is 0 Å². The molecule has 4 rings (SSSR count). The minimum absolute atomic E-state index is 0.0268. The van der Waals surface area contributed by atoms with Crippen LogP contribution in [0, 0.1) is 12.7 Å². The van der Waals surface area contributed by atoms with Gasteiger partial charge in [0.05, 0.1) is 6.20 Å². The molecule has 0 radical (unpaired) electrons. The van der Waals surface area contributed by atoms with Crippen molar-refractivity contribution >= 4 is 29.0 Å². The second-order valence-corrected chi connectivity index (χ2v) is 8.13. The smallest absolute Gasteiger partial charge is 0.279 e. The average molecular weight is 483 g/mol. The number of aromatic nitrogens is 2. The molecule has 180 valence electrons. The number of hydrogen-bond donors (Lipinski definition) is 1. The van der Waals surface area contributed by atoms with Crippen molar-refractivity contribution < 1.29 is 18.8 Å². The number of nitrogens with one attached hydrogen (secondary N) is 1. The fourth-order valence-electron chi connectivity index (χ4n) is 3.83. The van der Waals surface area contributed by atoms with E-state index in [9.17, 15) is 18.8 Å². The third-order valence-corrected chi connectivity index (χ3v) is 5.63. The summed E-state index contributed by atoms with van der Waals surface area (Å²) in [5.41, 5.74) is 2.45. The highest BCUT2D eigenvalue weighted by Gasteiger charge is 2.35. The SMILES string of the molecule is CC(=O)c1cccc(N(C(=O)c2cnccn2)C(C(=O)Nc2ccc(F)cc2)c2ccccc2C)c1. The van der Waals surface area contributed by atoms with Gasteiger partial charge < -0.3 is 5.32 Å². The number of Topliss-reactive ketones (excluding diaryl/α,β-unsaturated/α-hetero) is 1. The maximum absolute atomic E-state index is 13.9. The van der Waals surface area contributed by atoms with Crippen molar-refractivity contribution in [3.05, 3.63) is 120 Å². The predicted octanol–water partition coefficient (Wildman–Crippen LogP) is 5.15. The van der Waals surface area contributed by atoms with Crippen LogP contribution in [0.4, 0.5) is 15.8 Å². The maximum atomic E-state index is 13.9. The molecule has 3 aromatic carbocycles. The Hall–Kier alpha value is -4.72. The predicted molar refractivity (Wildman–Crippen MR) is 134 cm³/mol. The zero-order valence-corrected chi connectivity index (χ0v) is 19.7. The summed E-state index contributed by atoms with van der Waals surface area (Å²) in [6, 6.07) is 17.9. The monoisotopic (exact) mass is 482 g/mol. The largest absolute Gasteiger partial charge is 0.324 e. The van der Waals surface area contributed by atoms with E-state index >= 15 is 0 Å². The van der Waals surface area contributed by atoms with Gasteiger partial charge in [0.1, 0.15) is 17.6 Å². The van der Waals surface area contributed by atoms with Gasteiger partial charge in [-0.1, -0.05) is 36.4 Å². The number of halogens is 1. The Morgan fingerprint density at radius 2 is 1.69 bits per heavy atom. The lowest BCUT2D eigenvalue weighted by Crippen LogP contribution is -2.42. The van der Waals surface area contributed by atoms with E-state index in [1.807, 2.05) is 19.1 Å². The molecule has 0 fully saturated rings. The average Bonchev–Trinajstić information content (AvgIpc) is 2.89. The van der Waals surface area contributed by atoms with E-state index in [2.05, 4.69) is 15.3 Å². The van der Waals surface area contributed by atoms with Crippen LogP contribution in [-0.2, 0) is 4.79 Å². The van der Waals surface area contributed by atoms with E-state index in [1.54, 1.807) is 36.4 Å². The second kappa shape index (κ2) is 10.7. The molecular formula is C28H23FN4O3. The molecule has 1 atom stereocenters. The number of rotatable bonds is 7. The highest BCUT2D eigenvalue weighted by atomic mass is 19.1.